The Hall–Kier alpha value is -2.67. The van der Waals surface area contributed by atoms with Crippen LogP contribution >= 0.6 is 15.9 Å². The Balaban J connectivity index is 2.32. The first kappa shape index (κ1) is 18.1. The van der Waals surface area contributed by atoms with Crippen LogP contribution in [0, 0.1) is 11.3 Å². The Morgan fingerprint density at radius 1 is 1.46 bits per heavy atom. The number of fused-ring (bicyclic) bond motifs is 1. The third-order valence-corrected chi connectivity index (χ3v) is 4.30. The predicted octanol–water partition coefficient (Wildman–Crippen LogP) is 3.81. The minimum Gasteiger partial charge on any atom is -0.494 e. The molecular formula is C16H12BrF3N4O2. The summed E-state index contributed by atoms with van der Waals surface area (Å²) in [5, 5.41) is 15.0. The Labute approximate surface area is 154 Å². The highest BCUT2D eigenvalue weighted by atomic mass is 79.9. The average molecular weight is 429 g/mol. The van der Waals surface area contributed by atoms with Gasteiger partial charge in [0.05, 0.1) is 18.1 Å². The molecule has 10 heteroatoms. The Bertz CT molecular complexity index is 931. The summed E-state index contributed by atoms with van der Waals surface area (Å²) in [5.74, 6) is -1.42. The van der Waals surface area contributed by atoms with Crippen molar-refractivity contribution in [3.63, 3.8) is 0 Å². The summed E-state index contributed by atoms with van der Waals surface area (Å²) in [5.41, 5.74) is 4.55. The summed E-state index contributed by atoms with van der Waals surface area (Å²) < 4.78 is 51.7. The van der Waals surface area contributed by atoms with Gasteiger partial charge in [-0.25, -0.2) is 0 Å². The van der Waals surface area contributed by atoms with Gasteiger partial charge in [-0.1, -0.05) is 15.9 Å². The number of hydrogen-bond donors (Lipinski definition) is 2. The number of hydrogen-bond acceptors (Lipinski definition) is 5. The first-order chi connectivity index (χ1) is 12.3. The van der Waals surface area contributed by atoms with Crippen LogP contribution < -0.4 is 15.2 Å². The third kappa shape index (κ3) is 2.99. The van der Waals surface area contributed by atoms with E-state index in [1.54, 1.807) is 25.1 Å². The van der Waals surface area contributed by atoms with E-state index in [0.29, 0.717) is 22.4 Å². The van der Waals surface area contributed by atoms with Crippen LogP contribution in [0.2, 0.25) is 0 Å². The molecule has 6 nitrogen and oxygen atoms in total. The van der Waals surface area contributed by atoms with Gasteiger partial charge in [-0.2, -0.15) is 18.4 Å². The molecule has 0 bridgehead atoms. The van der Waals surface area contributed by atoms with Crippen molar-refractivity contribution in [1.82, 2.24) is 10.2 Å². The molecule has 1 aromatic heterocycles. The molecule has 2 aromatic rings. The zero-order valence-corrected chi connectivity index (χ0v) is 14.9. The van der Waals surface area contributed by atoms with Crippen LogP contribution in [0.1, 0.15) is 29.7 Å². The van der Waals surface area contributed by atoms with Gasteiger partial charge in [0.15, 0.2) is 0 Å². The topological polar surface area (TPSA) is 96.9 Å². The molecule has 0 spiro atoms. The number of rotatable bonds is 3. The highest BCUT2D eigenvalue weighted by molar-refractivity contribution is 9.10. The van der Waals surface area contributed by atoms with Crippen molar-refractivity contribution >= 4 is 15.9 Å². The molecule has 0 saturated heterocycles. The van der Waals surface area contributed by atoms with E-state index in [4.69, 9.17) is 15.2 Å². The van der Waals surface area contributed by atoms with E-state index < -0.39 is 17.8 Å². The number of halogens is 4. The zero-order valence-electron chi connectivity index (χ0n) is 13.3. The van der Waals surface area contributed by atoms with Crippen molar-refractivity contribution < 1.29 is 22.6 Å². The highest BCUT2D eigenvalue weighted by Gasteiger charge is 2.45. The van der Waals surface area contributed by atoms with Gasteiger partial charge in [0.1, 0.15) is 23.1 Å². The van der Waals surface area contributed by atoms with Gasteiger partial charge >= 0.3 is 6.18 Å². The van der Waals surface area contributed by atoms with Crippen LogP contribution in [-0.4, -0.2) is 16.8 Å². The minimum atomic E-state index is -4.72. The number of nitriles is 1. The van der Waals surface area contributed by atoms with E-state index in [9.17, 15) is 18.4 Å². The molecule has 0 radical (unpaired) electrons. The SMILES string of the molecule is CCOc1ccc(Br)cc1C1C(C#N)=C(N)Oc2n[nH]c(C(F)(F)F)c21. The van der Waals surface area contributed by atoms with Crippen LogP contribution in [0.5, 0.6) is 11.6 Å². The molecule has 0 aliphatic carbocycles. The van der Waals surface area contributed by atoms with Crippen molar-refractivity contribution in [2.24, 2.45) is 5.73 Å². The quantitative estimate of drug-likeness (QED) is 0.774. The van der Waals surface area contributed by atoms with E-state index >= 15 is 0 Å². The van der Waals surface area contributed by atoms with Gasteiger partial charge in [0, 0.05) is 10.0 Å². The fourth-order valence-corrected chi connectivity index (χ4v) is 3.18. The van der Waals surface area contributed by atoms with E-state index in [1.165, 1.54) is 0 Å². The van der Waals surface area contributed by atoms with Crippen molar-refractivity contribution in [3.05, 3.63) is 50.9 Å². The molecule has 1 aliphatic heterocycles. The van der Waals surface area contributed by atoms with Crippen LogP contribution in [0.3, 0.4) is 0 Å². The first-order valence-electron chi connectivity index (χ1n) is 7.43. The number of H-pyrrole nitrogens is 1. The molecule has 1 unspecified atom stereocenters. The first-order valence-corrected chi connectivity index (χ1v) is 8.22. The maximum absolute atomic E-state index is 13.5. The summed E-state index contributed by atoms with van der Waals surface area (Å²) in [6.07, 6.45) is -4.72. The molecule has 1 aliphatic rings. The van der Waals surface area contributed by atoms with Crippen LogP contribution in [0.15, 0.2) is 34.1 Å². The molecule has 0 saturated carbocycles. The smallest absolute Gasteiger partial charge is 0.433 e. The van der Waals surface area contributed by atoms with E-state index in [0.717, 1.165) is 0 Å². The number of nitrogens with one attached hydrogen (secondary N) is 1. The minimum absolute atomic E-state index is 0.150. The van der Waals surface area contributed by atoms with Gasteiger partial charge < -0.3 is 15.2 Å². The van der Waals surface area contributed by atoms with Crippen molar-refractivity contribution in [1.29, 1.82) is 5.26 Å². The summed E-state index contributed by atoms with van der Waals surface area (Å²) in [6.45, 7) is 2.04. The standard InChI is InChI=1S/C16H12BrF3N4O2/c1-2-25-10-4-3-7(17)5-8(10)11-9(6-21)14(22)26-15-12(11)13(23-24-15)16(18,19)20/h3-5,11H,2,22H2,1H3,(H,23,24). The van der Waals surface area contributed by atoms with E-state index in [2.05, 4.69) is 21.0 Å². The number of alkyl halides is 3. The van der Waals surface area contributed by atoms with Crippen LogP contribution in [0.25, 0.3) is 0 Å². The number of benzene rings is 1. The molecule has 0 amide bonds. The van der Waals surface area contributed by atoms with Crippen molar-refractivity contribution in [3.8, 4) is 17.7 Å². The lowest BCUT2D eigenvalue weighted by Gasteiger charge is -2.26. The molecule has 0 fully saturated rings. The fraction of sp³-hybridized carbons (Fsp3) is 0.250. The molecule has 2 heterocycles. The molecule has 3 rings (SSSR count). The van der Waals surface area contributed by atoms with Crippen molar-refractivity contribution in [2.45, 2.75) is 19.0 Å². The molecular weight excluding hydrogens is 417 g/mol. The summed E-state index contributed by atoms with van der Waals surface area (Å²) >= 11 is 3.30. The normalized spacial score (nSPS) is 16.7. The Morgan fingerprint density at radius 2 is 2.19 bits per heavy atom. The van der Waals surface area contributed by atoms with E-state index in [-0.39, 0.29) is 22.9 Å². The number of allylic oxidation sites excluding steroid dienone is 1. The maximum atomic E-state index is 13.5. The lowest BCUT2D eigenvalue weighted by atomic mass is 9.83. The Kier molecular flexibility index (Phi) is 4.58. The van der Waals surface area contributed by atoms with Crippen LogP contribution in [0.4, 0.5) is 13.2 Å². The largest absolute Gasteiger partial charge is 0.494 e. The monoisotopic (exact) mass is 428 g/mol. The lowest BCUT2D eigenvalue weighted by Crippen LogP contribution is -2.23. The number of aromatic amines is 1. The summed E-state index contributed by atoms with van der Waals surface area (Å²) in [7, 11) is 0. The molecule has 136 valence electrons. The third-order valence-electron chi connectivity index (χ3n) is 3.81. The maximum Gasteiger partial charge on any atom is 0.433 e. The Morgan fingerprint density at radius 3 is 2.81 bits per heavy atom. The summed E-state index contributed by atoms with van der Waals surface area (Å²) in [6, 6.07) is 6.73. The fourth-order valence-electron chi connectivity index (χ4n) is 2.80. The lowest BCUT2D eigenvalue weighted by molar-refractivity contribution is -0.141. The predicted molar refractivity (Wildman–Crippen MR) is 88.2 cm³/mol. The number of ether oxygens (including phenoxy) is 2. The van der Waals surface area contributed by atoms with Gasteiger partial charge in [0.25, 0.3) is 0 Å². The second kappa shape index (κ2) is 6.57. The molecule has 26 heavy (non-hydrogen) atoms. The van der Waals surface area contributed by atoms with Gasteiger partial charge in [0.2, 0.25) is 11.8 Å². The number of nitrogens with two attached hydrogens (primary N) is 1. The summed E-state index contributed by atoms with van der Waals surface area (Å²) in [4.78, 5) is 0. The van der Waals surface area contributed by atoms with E-state index in [1.807, 2.05) is 11.2 Å². The van der Waals surface area contributed by atoms with Gasteiger partial charge in [-0.3, -0.25) is 5.10 Å². The molecule has 1 aromatic carbocycles. The van der Waals surface area contributed by atoms with Crippen LogP contribution in [-0.2, 0) is 6.18 Å². The zero-order chi connectivity index (χ0) is 19.1. The number of aromatic nitrogens is 2. The second-order valence-electron chi connectivity index (χ2n) is 5.36. The molecule has 3 N–H and O–H groups in total. The van der Waals surface area contributed by atoms with Crippen molar-refractivity contribution in [2.75, 3.05) is 6.61 Å². The average Bonchev–Trinajstić information content (AvgIpc) is 2.99. The van der Waals surface area contributed by atoms with Gasteiger partial charge in [-0.15, -0.1) is 5.10 Å². The molecule has 1 atom stereocenters. The second-order valence-corrected chi connectivity index (χ2v) is 6.27. The number of nitrogens with zero attached hydrogens (tertiary/aromatic N) is 2. The highest BCUT2D eigenvalue weighted by Crippen LogP contribution is 2.49. The van der Waals surface area contributed by atoms with Gasteiger partial charge in [-0.05, 0) is 25.1 Å².